The van der Waals surface area contributed by atoms with Crippen LogP contribution in [0.5, 0.6) is 0 Å². The van der Waals surface area contributed by atoms with Crippen LogP contribution in [0.4, 0.5) is 0 Å². The molecular weight excluding hydrogens is 284 g/mol. The van der Waals surface area contributed by atoms with E-state index < -0.39 is 11.4 Å². The van der Waals surface area contributed by atoms with Crippen molar-refractivity contribution in [2.24, 2.45) is 5.73 Å². The van der Waals surface area contributed by atoms with Gasteiger partial charge >= 0.3 is 11.8 Å². The van der Waals surface area contributed by atoms with Crippen LogP contribution in [0.2, 0.25) is 0 Å². The van der Waals surface area contributed by atoms with Gasteiger partial charge in [-0.2, -0.15) is 4.98 Å². The number of nitrogens with one attached hydrogen (secondary N) is 1. The molecule has 22 heavy (non-hydrogen) atoms. The Morgan fingerprint density at radius 2 is 1.91 bits per heavy atom. The van der Waals surface area contributed by atoms with Crippen LogP contribution in [0.15, 0.2) is 34.9 Å². The van der Waals surface area contributed by atoms with Crippen LogP contribution >= 0.6 is 0 Å². The lowest BCUT2D eigenvalue weighted by Gasteiger charge is -2.24. The maximum absolute atomic E-state index is 12.4. The number of amides is 2. The predicted molar refractivity (Wildman–Crippen MR) is 78.8 cm³/mol. The van der Waals surface area contributed by atoms with Gasteiger partial charge in [-0.3, -0.25) is 9.59 Å². The van der Waals surface area contributed by atoms with Crippen molar-refractivity contribution < 1.29 is 14.1 Å². The molecule has 0 bridgehead atoms. The molecule has 7 heteroatoms. The first-order valence-electron chi connectivity index (χ1n) is 6.82. The molecule has 0 fully saturated rings. The summed E-state index contributed by atoms with van der Waals surface area (Å²) in [6.07, 6.45) is 0. The molecule has 1 aromatic carbocycles. The Labute approximate surface area is 127 Å². The maximum Gasteiger partial charge on any atom is 0.315 e. The third-order valence-electron chi connectivity index (χ3n) is 3.32. The number of rotatable bonds is 5. The van der Waals surface area contributed by atoms with Gasteiger partial charge in [-0.1, -0.05) is 35.5 Å². The number of benzene rings is 1. The average Bonchev–Trinajstić information content (AvgIpc) is 2.98. The van der Waals surface area contributed by atoms with Gasteiger partial charge in [-0.05, 0) is 26.3 Å². The summed E-state index contributed by atoms with van der Waals surface area (Å²) in [5.74, 6) is -1.41. The van der Waals surface area contributed by atoms with Crippen molar-refractivity contribution in [3.05, 3.63) is 47.6 Å². The summed E-state index contributed by atoms with van der Waals surface area (Å²) in [7, 11) is 0. The number of nitrogens with zero attached hydrogens (tertiary/aromatic N) is 2. The number of hydrogen-bond donors (Lipinski definition) is 2. The second-order valence-electron chi connectivity index (χ2n) is 5.53. The number of carbonyl (C=O) groups is 2. The van der Waals surface area contributed by atoms with Crippen LogP contribution in [-0.4, -0.2) is 22.0 Å². The van der Waals surface area contributed by atoms with Crippen molar-refractivity contribution in [1.82, 2.24) is 15.5 Å². The van der Waals surface area contributed by atoms with Gasteiger partial charge in [0.1, 0.15) is 0 Å². The smallest absolute Gasteiger partial charge is 0.315 e. The molecule has 116 valence electrons. The summed E-state index contributed by atoms with van der Waals surface area (Å²) in [5, 5.41) is 6.54. The van der Waals surface area contributed by atoms with Crippen LogP contribution in [0.1, 0.15) is 48.8 Å². The quantitative estimate of drug-likeness (QED) is 0.865. The summed E-state index contributed by atoms with van der Waals surface area (Å²) in [6, 6.07) is 9.42. The highest BCUT2D eigenvalue weighted by atomic mass is 16.5. The highest BCUT2D eigenvalue weighted by Gasteiger charge is 2.31. The van der Waals surface area contributed by atoms with Crippen LogP contribution in [0.25, 0.3) is 0 Å². The first-order chi connectivity index (χ1) is 10.3. The zero-order valence-corrected chi connectivity index (χ0v) is 12.7. The topological polar surface area (TPSA) is 111 Å². The van der Waals surface area contributed by atoms with Gasteiger partial charge in [0.25, 0.3) is 0 Å². The highest BCUT2D eigenvalue weighted by molar-refractivity contribution is 5.87. The monoisotopic (exact) mass is 302 g/mol. The minimum absolute atomic E-state index is 0.179. The normalized spacial score (nSPS) is 12.7. The van der Waals surface area contributed by atoms with E-state index in [0.29, 0.717) is 0 Å². The summed E-state index contributed by atoms with van der Waals surface area (Å²) >= 11 is 0. The number of hydrogen-bond acceptors (Lipinski definition) is 5. The summed E-state index contributed by atoms with van der Waals surface area (Å²) in [5.41, 5.74) is 5.09. The fourth-order valence-electron chi connectivity index (χ4n) is 1.94. The molecule has 0 aliphatic heterocycles. The van der Waals surface area contributed by atoms with Crippen LogP contribution in [0.3, 0.4) is 0 Å². The van der Waals surface area contributed by atoms with Crippen LogP contribution in [-0.2, 0) is 10.3 Å². The molecule has 0 radical (unpaired) electrons. The highest BCUT2D eigenvalue weighted by Crippen LogP contribution is 2.20. The molecule has 1 heterocycles. The number of carbonyl (C=O) groups excluding carboxylic acids is 2. The average molecular weight is 302 g/mol. The minimum Gasteiger partial charge on any atom is -0.361 e. The third-order valence-corrected chi connectivity index (χ3v) is 3.32. The van der Waals surface area contributed by atoms with E-state index >= 15 is 0 Å². The van der Waals surface area contributed by atoms with Crippen LogP contribution < -0.4 is 11.1 Å². The Bertz CT molecular complexity index is 679. The zero-order chi connectivity index (χ0) is 16.3. The standard InChI is InChI=1S/C15H18N4O3/c1-9(10-7-5-4-6-8-10)12(21)18-15(2,3)14-17-13(11(16)20)22-19-14/h4-9H,1-3H3,(H2,16,20)(H,18,21)/t9-/m1/s1. The van der Waals surface area contributed by atoms with E-state index in [4.69, 9.17) is 10.3 Å². The minimum atomic E-state index is -0.892. The molecule has 2 rings (SSSR count). The van der Waals surface area contributed by atoms with Gasteiger partial charge in [0.15, 0.2) is 5.82 Å². The lowest BCUT2D eigenvalue weighted by atomic mass is 9.97. The molecule has 0 aliphatic rings. The Hall–Kier alpha value is -2.70. The van der Waals surface area contributed by atoms with Crippen LogP contribution in [0, 0.1) is 0 Å². The number of primary amides is 1. The van der Waals surface area contributed by atoms with Crippen molar-refractivity contribution >= 4 is 11.8 Å². The lowest BCUT2D eigenvalue weighted by Crippen LogP contribution is -2.43. The van der Waals surface area contributed by atoms with E-state index in [9.17, 15) is 9.59 Å². The van der Waals surface area contributed by atoms with Gasteiger partial charge in [0.05, 0.1) is 11.5 Å². The van der Waals surface area contributed by atoms with Gasteiger partial charge in [-0.25, -0.2) is 0 Å². The van der Waals surface area contributed by atoms with Crippen molar-refractivity contribution in [2.75, 3.05) is 0 Å². The Balaban J connectivity index is 2.13. The predicted octanol–water partition coefficient (Wildman–Crippen LogP) is 1.32. The SMILES string of the molecule is C[C@@H](C(=O)NC(C)(C)c1noc(C(N)=O)n1)c1ccccc1. The molecule has 2 aromatic rings. The van der Waals surface area contributed by atoms with Gasteiger partial charge in [0, 0.05) is 0 Å². The fourth-order valence-corrected chi connectivity index (χ4v) is 1.94. The molecule has 0 unspecified atom stereocenters. The molecule has 7 nitrogen and oxygen atoms in total. The molecule has 0 spiro atoms. The third kappa shape index (κ3) is 3.30. The molecule has 0 saturated carbocycles. The largest absolute Gasteiger partial charge is 0.361 e. The molecule has 1 atom stereocenters. The van der Waals surface area contributed by atoms with Crippen molar-refractivity contribution in [1.29, 1.82) is 0 Å². The van der Waals surface area contributed by atoms with Crippen molar-refractivity contribution in [3.63, 3.8) is 0 Å². The first kappa shape index (κ1) is 15.7. The Morgan fingerprint density at radius 1 is 1.27 bits per heavy atom. The number of nitrogens with two attached hydrogens (primary N) is 1. The summed E-state index contributed by atoms with van der Waals surface area (Å²) in [4.78, 5) is 27.3. The van der Waals surface area contributed by atoms with Gasteiger partial charge in [0.2, 0.25) is 5.91 Å². The van der Waals surface area contributed by atoms with Gasteiger partial charge in [-0.15, -0.1) is 0 Å². The number of aromatic nitrogens is 2. The molecule has 0 aliphatic carbocycles. The van der Waals surface area contributed by atoms with E-state index in [0.717, 1.165) is 5.56 Å². The molecule has 3 N–H and O–H groups in total. The molecule has 1 aromatic heterocycles. The Kier molecular flexibility index (Phi) is 4.25. The van der Waals surface area contributed by atoms with Crippen molar-refractivity contribution in [2.45, 2.75) is 32.2 Å². The van der Waals surface area contributed by atoms with E-state index in [1.54, 1.807) is 13.8 Å². The molecule has 0 saturated heterocycles. The Morgan fingerprint density at radius 3 is 2.45 bits per heavy atom. The van der Waals surface area contributed by atoms with E-state index in [-0.39, 0.29) is 23.5 Å². The van der Waals surface area contributed by atoms with Crippen molar-refractivity contribution in [3.8, 4) is 0 Å². The second-order valence-corrected chi connectivity index (χ2v) is 5.53. The van der Waals surface area contributed by atoms with E-state index in [2.05, 4.69) is 15.5 Å². The lowest BCUT2D eigenvalue weighted by molar-refractivity contribution is -0.124. The molecular formula is C15H18N4O3. The van der Waals surface area contributed by atoms with Gasteiger partial charge < -0.3 is 15.6 Å². The second kappa shape index (κ2) is 5.97. The summed E-state index contributed by atoms with van der Waals surface area (Å²) < 4.78 is 4.75. The fraction of sp³-hybridized carbons (Fsp3) is 0.333. The van der Waals surface area contributed by atoms with E-state index in [1.807, 2.05) is 37.3 Å². The first-order valence-corrected chi connectivity index (χ1v) is 6.82. The molecule has 2 amide bonds. The summed E-state index contributed by atoms with van der Waals surface area (Å²) in [6.45, 7) is 5.25. The zero-order valence-electron chi connectivity index (χ0n) is 12.7. The van der Waals surface area contributed by atoms with E-state index in [1.165, 1.54) is 0 Å². The maximum atomic E-state index is 12.4.